The molecule has 29 heavy (non-hydrogen) atoms. The third-order valence-corrected chi connectivity index (χ3v) is 8.04. The fourth-order valence-electron chi connectivity index (χ4n) is 4.54. The Kier molecular flexibility index (Phi) is 5.49. The van der Waals surface area contributed by atoms with Crippen molar-refractivity contribution in [3.63, 3.8) is 0 Å². The van der Waals surface area contributed by atoms with E-state index in [9.17, 15) is 13.2 Å². The SMILES string of the molecule is CC(C)[C@@H]1C(=O)Nc2ccc(S(=O)(=O)N3CCC(Cc4ccccc4)CC3)cc21. The average Bonchev–Trinajstić information content (AvgIpc) is 3.04. The lowest BCUT2D eigenvalue weighted by Crippen LogP contribution is -2.38. The molecule has 1 saturated heterocycles. The molecule has 2 aliphatic rings. The van der Waals surface area contributed by atoms with Crippen LogP contribution in [0.4, 0.5) is 5.69 Å². The molecule has 2 heterocycles. The van der Waals surface area contributed by atoms with Gasteiger partial charge >= 0.3 is 0 Å². The number of piperidine rings is 1. The van der Waals surface area contributed by atoms with Crippen LogP contribution in [0.5, 0.6) is 0 Å². The molecular formula is C23H28N2O3S. The van der Waals surface area contributed by atoms with Gasteiger partial charge in [0.2, 0.25) is 15.9 Å². The second-order valence-corrected chi connectivity index (χ2v) is 10.4. The van der Waals surface area contributed by atoms with Crippen molar-refractivity contribution < 1.29 is 13.2 Å². The minimum absolute atomic E-state index is 0.0497. The van der Waals surface area contributed by atoms with E-state index >= 15 is 0 Å². The predicted octanol–water partition coefficient (Wildman–Crippen LogP) is 4.02. The summed E-state index contributed by atoms with van der Waals surface area (Å²) in [7, 11) is -3.55. The summed E-state index contributed by atoms with van der Waals surface area (Å²) in [6, 6.07) is 15.4. The smallest absolute Gasteiger partial charge is 0.243 e. The molecule has 4 rings (SSSR count). The average molecular weight is 413 g/mol. The molecule has 154 valence electrons. The number of fused-ring (bicyclic) bond motifs is 1. The molecule has 0 aliphatic carbocycles. The van der Waals surface area contributed by atoms with Gasteiger partial charge in [-0.25, -0.2) is 8.42 Å². The molecule has 1 atom stereocenters. The van der Waals surface area contributed by atoms with Gasteiger partial charge in [-0.1, -0.05) is 44.2 Å². The van der Waals surface area contributed by atoms with Crippen molar-refractivity contribution in [1.29, 1.82) is 0 Å². The third-order valence-electron chi connectivity index (χ3n) is 6.14. The molecule has 1 fully saturated rings. The number of carbonyl (C=O) groups is 1. The lowest BCUT2D eigenvalue weighted by atomic mass is 9.90. The molecule has 0 aromatic heterocycles. The van der Waals surface area contributed by atoms with E-state index in [4.69, 9.17) is 0 Å². The fourth-order valence-corrected chi connectivity index (χ4v) is 6.04. The first-order valence-electron chi connectivity index (χ1n) is 10.3. The molecule has 0 radical (unpaired) electrons. The standard InChI is InChI=1S/C23H28N2O3S/c1-16(2)22-20-15-19(8-9-21(20)24-23(22)26)29(27,28)25-12-10-18(11-13-25)14-17-6-4-3-5-7-17/h3-9,15-16,18,22H,10-14H2,1-2H3,(H,24,26)/t22-/m0/s1. The summed E-state index contributed by atoms with van der Waals surface area (Å²) in [5, 5.41) is 2.87. The number of anilines is 1. The summed E-state index contributed by atoms with van der Waals surface area (Å²) in [5.74, 6) is 0.280. The Morgan fingerprint density at radius 1 is 1.07 bits per heavy atom. The molecule has 0 spiro atoms. The van der Waals surface area contributed by atoms with E-state index < -0.39 is 10.0 Å². The summed E-state index contributed by atoms with van der Waals surface area (Å²) in [4.78, 5) is 12.5. The predicted molar refractivity (Wildman–Crippen MR) is 114 cm³/mol. The highest BCUT2D eigenvalue weighted by molar-refractivity contribution is 7.89. The van der Waals surface area contributed by atoms with E-state index in [0.717, 1.165) is 30.5 Å². The minimum atomic E-state index is -3.55. The van der Waals surface area contributed by atoms with Gasteiger partial charge in [0.25, 0.3) is 0 Å². The molecule has 1 N–H and O–H groups in total. The van der Waals surface area contributed by atoms with Gasteiger partial charge in [-0.2, -0.15) is 4.31 Å². The molecular weight excluding hydrogens is 384 g/mol. The van der Waals surface area contributed by atoms with E-state index in [2.05, 4.69) is 17.4 Å². The van der Waals surface area contributed by atoms with Gasteiger partial charge in [0.05, 0.1) is 10.8 Å². The molecule has 0 unspecified atom stereocenters. The van der Waals surface area contributed by atoms with Crippen LogP contribution >= 0.6 is 0 Å². The van der Waals surface area contributed by atoms with Crippen LogP contribution in [-0.4, -0.2) is 31.7 Å². The van der Waals surface area contributed by atoms with E-state index in [1.165, 1.54) is 5.56 Å². The number of amides is 1. The van der Waals surface area contributed by atoms with Crippen molar-refractivity contribution in [2.75, 3.05) is 18.4 Å². The number of nitrogens with zero attached hydrogens (tertiary/aromatic N) is 1. The zero-order chi connectivity index (χ0) is 20.6. The van der Waals surface area contributed by atoms with Crippen LogP contribution in [0.25, 0.3) is 0 Å². The second-order valence-electron chi connectivity index (χ2n) is 8.50. The number of benzene rings is 2. The maximum absolute atomic E-state index is 13.2. The topological polar surface area (TPSA) is 66.5 Å². The van der Waals surface area contributed by atoms with Crippen molar-refractivity contribution in [2.24, 2.45) is 11.8 Å². The summed E-state index contributed by atoms with van der Waals surface area (Å²) in [5.41, 5.74) is 2.84. The molecule has 1 amide bonds. The molecule has 2 aromatic rings. The first-order valence-corrected chi connectivity index (χ1v) is 11.8. The van der Waals surface area contributed by atoms with E-state index in [0.29, 0.717) is 23.9 Å². The summed E-state index contributed by atoms with van der Waals surface area (Å²) < 4.78 is 28.1. The lowest BCUT2D eigenvalue weighted by molar-refractivity contribution is -0.117. The summed E-state index contributed by atoms with van der Waals surface area (Å²) in [6.07, 6.45) is 2.73. The van der Waals surface area contributed by atoms with Gasteiger partial charge in [0, 0.05) is 18.8 Å². The number of hydrogen-bond acceptors (Lipinski definition) is 3. The van der Waals surface area contributed by atoms with Gasteiger partial charge in [0.15, 0.2) is 0 Å². The van der Waals surface area contributed by atoms with Crippen molar-refractivity contribution in [3.05, 3.63) is 59.7 Å². The zero-order valence-corrected chi connectivity index (χ0v) is 17.8. The Labute approximate surface area is 173 Å². The van der Waals surface area contributed by atoms with Crippen molar-refractivity contribution >= 4 is 21.6 Å². The van der Waals surface area contributed by atoms with Crippen LogP contribution < -0.4 is 5.32 Å². The van der Waals surface area contributed by atoms with Crippen LogP contribution in [-0.2, 0) is 21.2 Å². The second kappa shape index (κ2) is 7.92. The number of sulfonamides is 1. The number of rotatable bonds is 5. The van der Waals surface area contributed by atoms with Crippen LogP contribution in [0.3, 0.4) is 0 Å². The van der Waals surface area contributed by atoms with Crippen molar-refractivity contribution in [1.82, 2.24) is 4.31 Å². The van der Waals surface area contributed by atoms with Gasteiger partial charge in [-0.3, -0.25) is 4.79 Å². The maximum atomic E-state index is 13.2. The fraction of sp³-hybridized carbons (Fsp3) is 0.435. The number of nitrogens with one attached hydrogen (secondary N) is 1. The van der Waals surface area contributed by atoms with Gasteiger partial charge in [-0.05, 0) is 60.4 Å². The Bertz CT molecular complexity index is 994. The van der Waals surface area contributed by atoms with Gasteiger partial charge in [0.1, 0.15) is 0 Å². The molecule has 6 heteroatoms. The Morgan fingerprint density at radius 2 is 1.76 bits per heavy atom. The molecule has 2 aliphatic heterocycles. The monoisotopic (exact) mass is 412 g/mol. The highest BCUT2D eigenvalue weighted by Crippen LogP contribution is 2.39. The minimum Gasteiger partial charge on any atom is -0.325 e. The van der Waals surface area contributed by atoms with E-state index in [1.54, 1.807) is 22.5 Å². The number of hydrogen-bond donors (Lipinski definition) is 1. The Balaban J connectivity index is 1.48. The van der Waals surface area contributed by atoms with Crippen LogP contribution in [0.15, 0.2) is 53.4 Å². The first kappa shape index (κ1) is 20.1. The highest BCUT2D eigenvalue weighted by Gasteiger charge is 2.35. The molecule has 2 aromatic carbocycles. The highest BCUT2D eigenvalue weighted by atomic mass is 32.2. The van der Waals surface area contributed by atoms with E-state index in [1.807, 2.05) is 32.0 Å². The van der Waals surface area contributed by atoms with Crippen molar-refractivity contribution in [3.8, 4) is 0 Å². The summed E-state index contributed by atoms with van der Waals surface area (Å²) in [6.45, 7) is 5.06. The van der Waals surface area contributed by atoms with Gasteiger partial charge < -0.3 is 5.32 Å². The van der Waals surface area contributed by atoms with Crippen LogP contribution in [0.1, 0.15) is 43.7 Å². The van der Waals surface area contributed by atoms with Gasteiger partial charge in [-0.15, -0.1) is 0 Å². The van der Waals surface area contributed by atoms with Crippen LogP contribution in [0, 0.1) is 11.8 Å². The van der Waals surface area contributed by atoms with Crippen molar-refractivity contribution in [2.45, 2.75) is 43.9 Å². The normalized spacial score (nSPS) is 20.7. The molecule has 0 bridgehead atoms. The largest absolute Gasteiger partial charge is 0.325 e. The van der Waals surface area contributed by atoms with Crippen LogP contribution in [0.2, 0.25) is 0 Å². The van der Waals surface area contributed by atoms with E-state index in [-0.39, 0.29) is 17.7 Å². The first-order chi connectivity index (χ1) is 13.9. The summed E-state index contributed by atoms with van der Waals surface area (Å²) >= 11 is 0. The Morgan fingerprint density at radius 3 is 2.41 bits per heavy atom. The quantitative estimate of drug-likeness (QED) is 0.807. The zero-order valence-electron chi connectivity index (χ0n) is 17.0. The third kappa shape index (κ3) is 3.96. The molecule has 0 saturated carbocycles. The maximum Gasteiger partial charge on any atom is 0.243 e. The Hall–Kier alpha value is -2.18. The molecule has 5 nitrogen and oxygen atoms in total. The number of carbonyl (C=O) groups excluding carboxylic acids is 1. The lowest BCUT2D eigenvalue weighted by Gasteiger charge is -2.31.